The first-order valence-electron chi connectivity index (χ1n) is 3.84. The van der Waals surface area contributed by atoms with Crippen molar-refractivity contribution in [2.24, 2.45) is 11.1 Å². The molecule has 0 aliphatic heterocycles. The smallest absolute Gasteiger partial charge is 0.233 e. The number of carbonyl (C=O) groups is 1. The van der Waals surface area contributed by atoms with Crippen molar-refractivity contribution in [1.29, 1.82) is 0 Å². The molecule has 80 valence electrons. The fourth-order valence-electron chi connectivity index (χ4n) is 0.587. The number of anilines is 1. The molecule has 0 fully saturated rings. The van der Waals surface area contributed by atoms with E-state index in [2.05, 4.69) is 15.5 Å². The summed E-state index contributed by atoms with van der Waals surface area (Å²) in [4.78, 5) is 11.5. The molecule has 0 aliphatic carbocycles. The summed E-state index contributed by atoms with van der Waals surface area (Å²) in [6.45, 7) is 3.87. The molecule has 0 spiro atoms. The van der Waals surface area contributed by atoms with E-state index in [1.807, 2.05) is 0 Å². The number of nitrogens with two attached hydrogens (primary N) is 1. The van der Waals surface area contributed by atoms with Crippen molar-refractivity contribution in [3.05, 3.63) is 5.51 Å². The van der Waals surface area contributed by atoms with Gasteiger partial charge in [-0.25, -0.2) is 0 Å². The van der Waals surface area contributed by atoms with Crippen molar-refractivity contribution < 1.29 is 4.79 Å². The summed E-state index contributed by atoms with van der Waals surface area (Å²) in [6, 6.07) is 0. The van der Waals surface area contributed by atoms with E-state index in [0.29, 0.717) is 11.7 Å². The van der Waals surface area contributed by atoms with Gasteiger partial charge in [-0.3, -0.25) is 4.79 Å². The van der Waals surface area contributed by atoms with Crippen LogP contribution in [-0.2, 0) is 4.79 Å². The van der Waals surface area contributed by atoms with Crippen LogP contribution in [-0.4, -0.2) is 22.6 Å². The Hall–Kier alpha value is -0.720. The zero-order valence-corrected chi connectivity index (χ0v) is 9.61. The van der Waals surface area contributed by atoms with Crippen molar-refractivity contribution in [2.45, 2.75) is 13.8 Å². The molecule has 1 aromatic rings. The molecule has 0 bridgehead atoms. The van der Waals surface area contributed by atoms with Crippen LogP contribution >= 0.6 is 23.7 Å². The number of amides is 1. The number of nitrogens with one attached hydrogen (secondary N) is 1. The van der Waals surface area contributed by atoms with Crippen LogP contribution in [0.5, 0.6) is 0 Å². The van der Waals surface area contributed by atoms with Gasteiger partial charge in [0.25, 0.3) is 0 Å². The Kier molecular flexibility index (Phi) is 4.96. The summed E-state index contributed by atoms with van der Waals surface area (Å²) in [5, 5.41) is 10.5. The molecule has 0 atom stereocenters. The van der Waals surface area contributed by atoms with Crippen molar-refractivity contribution in [2.75, 3.05) is 11.9 Å². The molecule has 5 nitrogen and oxygen atoms in total. The predicted octanol–water partition coefficient (Wildman–Crippen LogP) is 0.883. The highest BCUT2D eigenvalue weighted by molar-refractivity contribution is 7.13. The van der Waals surface area contributed by atoms with Crippen LogP contribution in [0, 0.1) is 5.41 Å². The molecule has 1 heterocycles. The second-order valence-electron chi connectivity index (χ2n) is 3.29. The maximum atomic E-state index is 11.5. The van der Waals surface area contributed by atoms with Crippen LogP contribution in [0.1, 0.15) is 13.8 Å². The van der Waals surface area contributed by atoms with Crippen molar-refractivity contribution in [3.63, 3.8) is 0 Å². The Morgan fingerprint density at radius 2 is 2.36 bits per heavy atom. The Morgan fingerprint density at radius 3 is 2.79 bits per heavy atom. The average Bonchev–Trinajstić information content (AvgIpc) is 2.57. The van der Waals surface area contributed by atoms with Gasteiger partial charge in [-0.1, -0.05) is 11.3 Å². The SMILES string of the molecule is CC(C)(CN)C(=O)Nc1nncs1.Cl. The molecule has 3 N–H and O–H groups in total. The Morgan fingerprint density at radius 1 is 1.71 bits per heavy atom. The lowest BCUT2D eigenvalue weighted by Crippen LogP contribution is -2.37. The number of rotatable bonds is 3. The van der Waals surface area contributed by atoms with Crippen LogP contribution in [0.25, 0.3) is 0 Å². The van der Waals surface area contributed by atoms with Crippen molar-refractivity contribution in [1.82, 2.24) is 10.2 Å². The molecule has 0 aliphatic rings. The average molecular weight is 237 g/mol. The van der Waals surface area contributed by atoms with Crippen LogP contribution in [0.15, 0.2) is 5.51 Å². The Labute approximate surface area is 92.5 Å². The normalized spacial score (nSPS) is 10.5. The molecule has 1 aromatic heterocycles. The second kappa shape index (κ2) is 5.23. The first kappa shape index (κ1) is 13.3. The molecule has 1 amide bonds. The Bertz CT molecular complexity index is 288. The van der Waals surface area contributed by atoms with Crippen LogP contribution in [0.2, 0.25) is 0 Å². The van der Waals surface area contributed by atoms with Gasteiger partial charge >= 0.3 is 0 Å². The van der Waals surface area contributed by atoms with Gasteiger partial charge < -0.3 is 11.1 Å². The van der Waals surface area contributed by atoms with E-state index in [-0.39, 0.29) is 18.3 Å². The van der Waals surface area contributed by atoms with Gasteiger partial charge in [-0.2, -0.15) is 0 Å². The zero-order chi connectivity index (χ0) is 9.90. The maximum absolute atomic E-state index is 11.5. The van der Waals surface area contributed by atoms with Gasteiger partial charge in [0.2, 0.25) is 11.0 Å². The first-order valence-corrected chi connectivity index (χ1v) is 4.72. The molecule has 0 aromatic carbocycles. The van der Waals surface area contributed by atoms with Gasteiger partial charge in [-0.15, -0.1) is 22.6 Å². The van der Waals surface area contributed by atoms with Crippen LogP contribution < -0.4 is 11.1 Å². The molecule has 7 heteroatoms. The monoisotopic (exact) mass is 236 g/mol. The highest BCUT2D eigenvalue weighted by atomic mass is 35.5. The van der Waals surface area contributed by atoms with E-state index in [1.54, 1.807) is 19.4 Å². The van der Waals surface area contributed by atoms with E-state index >= 15 is 0 Å². The molecule has 0 saturated heterocycles. The number of hydrogen-bond donors (Lipinski definition) is 2. The van der Waals surface area contributed by atoms with Gasteiger partial charge in [0.1, 0.15) is 5.51 Å². The fraction of sp³-hybridized carbons (Fsp3) is 0.571. The summed E-state index contributed by atoms with van der Waals surface area (Å²) >= 11 is 1.28. The summed E-state index contributed by atoms with van der Waals surface area (Å²) < 4.78 is 0. The molecule has 0 unspecified atom stereocenters. The molecular formula is C7H13ClN4OS. The lowest BCUT2D eigenvalue weighted by atomic mass is 9.93. The quantitative estimate of drug-likeness (QED) is 0.817. The third-order valence-electron chi connectivity index (χ3n) is 1.71. The largest absolute Gasteiger partial charge is 0.329 e. The third-order valence-corrected chi connectivity index (χ3v) is 2.31. The van der Waals surface area contributed by atoms with Crippen molar-refractivity contribution >= 4 is 34.8 Å². The number of hydrogen-bond acceptors (Lipinski definition) is 5. The van der Waals surface area contributed by atoms with E-state index < -0.39 is 5.41 Å². The summed E-state index contributed by atoms with van der Waals surface area (Å²) in [7, 11) is 0. The minimum atomic E-state index is -0.564. The minimum absolute atomic E-state index is 0. The van der Waals surface area contributed by atoms with Crippen LogP contribution in [0.3, 0.4) is 0 Å². The van der Waals surface area contributed by atoms with Gasteiger partial charge in [0.05, 0.1) is 5.41 Å². The topological polar surface area (TPSA) is 80.9 Å². The van der Waals surface area contributed by atoms with E-state index in [9.17, 15) is 4.79 Å². The molecule has 1 rings (SSSR count). The van der Waals surface area contributed by atoms with Gasteiger partial charge in [0.15, 0.2) is 0 Å². The number of nitrogens with zero attached hydrogens (tertiary/aromatic N) is 2. The molecular weight excluding hydrogens is 224 g/mol. The maximum Gasteiger partial charge on any atom is 0.233 e. The summed E-state index contributed by atoms with van der Waals surface area (Å²) in [5.74, 6) is -0.133. The van der Waals surface area contributed by atoms with Gasteiger partial charge in [0, 0.05) is 6.54 Å². The lowest BCUT2D eigenvalue weighted by molar-refractivity contribution is -0.123. The zero-order valence-electron chi connectivity index (χ0n) is 7.98. The molecule has 0 radical (unpaired) electrons. The summed E-state index contributed by atoms with van der Waals surface area (Å²) in [6.07, 6.45) is 0. The fourth-order valence-corrected chi connectivity index (χ4v) is 1.03. The molecule has 14 heavy (non-hydrogen) atoms. The second-order valence-corrected chi connectivity index (χ2v) is 4.12. The number of carbonyl (C=O) groups excluding carboxylic acids is 1. The standard InChI is InChI=1S/C7H12N4OS.ClH/c1-7(2,3-8)5(12)10-6-11-9-4-13-6;/h4H,3,8H2,1-2H3,(H,10,11,12);1H. The van der Waals surface area contributed by atoms with Crippen LogP contribution in [0.4, 0.5) is 5.13 Å². The van der Waals surface area contributed by atoms with E-state index in [0.717, 1.165) is 0 Å². The highest BCUT2D eigenvalue weighted by Crippen LogP contribution is 2.17. The number of halogens is 1. The van der Waals surface area contributed by atoms with E-state index in [1.165, 1.54) is 11.3 Å². The van der Waals surface area contributed by atoms with E-state index in [4.69, 9.17) is 5.73 Å². The lowest BCUT2D eigenvalue weighted by Gasteiger charge is -2.19. The number of aromatic nitrogens is 2. The Balaban J connectivity index is 0.00000169. The van der Waals surface area contributed by atoms with Gasteiger partial charge in [-0.05, 0) is 13.8 Å². The third kappa shape index (κ3) is 3.21. The molecule has 0 saturated carbocycles. The first-order chi connectivity index (χ1) is 6.06. The highest BCUT2D eigenvalue weighted by Gasteiger charge is 2.26. The predicted molar refractivity (Wildman–Crippen MR) is 58.6 cm³/mol. The summed E-state index contributed by atoms with van der Waals surface area (Å²) in [5.41, 5.74) is 6.44. The van der Waals surface area contributed by atoms with Crippen molar-refractivity contribution in [3.8, 4) is 0 Å². The minimum Gasteiger partial charge on any atom is -0.329 e.